The number of alkyl halides is 1. The Balaban J connectivity index is 2.90. The number of halogens is 3. The maximum atomic E-state index is 11.9. The Bertz CT molecular complexity index is 461. The van der Waals surface area contributed by atoms with E-state index in [2.05, 4.69) is 20.7 Å². The molecule has 0 aliphatic heterocycles. The summed E-state index contributed by atoms with van der Waals surface area (Å²) in [5.41, 5.74) is 0. The Hall–Kier alpha value is 0.670. The van der Waals surface area contributed by atoms with Crippen LogP contribution in [0.5, 0.6) is 0 Å². The minimum absolute atomic E-state index is 0.0468. The zero-order valence-corrected chi connectivity index (χ0v) is 13.1. The topological polar surface area (TPSA) is 46.2 Å². The average molecular weight is 367 g/mol. The smallest absolute Gasteiger partial charge is 0.208 e. The molecule has 1 N–H and O–H groups in total. The molecule has 16 heavy (non-hydrogen) atoms. The van der Waals surface area contributed by atoms with Crippen LogP contribution in [0.25, 0.3) is 0 Å². The van der Waals surface area contributed by atoms with Gasteiger partial charge in [-0.25, -0.2) is 13.1 Å². The Morgan fingerprint density at radius 1 is 1.56 bits per heavy atom. The van der Waals surface area contributed by atoms with Gasteiger partial charge in [-0.3, -0.25) is 0 Å². The summed E-state index contributed by atoms with van der Waals surface area (Å²) < 4.78 is 26.9. The molecule has 0 amide bonds. The Morgan fingerprint density at radius 2 is 2.19 bits per heavy atom. The third-order valence-electron chi connectivity index (χ3n) is 1.81. The molecule has 0 bridgehead atoms. The van der Waals surface area contributed by atoms with Gasteiger partial charge in [0.25, 0.3) is 0 Å². The van der Waals surface area contributed by atoms with Crippen LogP contribution in [0.2, 0.25) is 8.67 Å². The first-order valence-electron chi connectivity index (χ1n) is 4.40. The molecule has 8 heteroatoms. The predicted molar refractivity (Wildman–Crippen MR) is 72.5 cm³/mol. The number of rotatable bonds is 5. The van der Waals surface area contributed by atoms with Crippen LogP contribution in [0.1, 0.15) is 13.3 Å². The zero-order valence-electron chi connectivity index (χ0n) is 8.34. The van der Waals surface area contributed by atoms with Crippen LogP contribution >= 0.6 is 50.5 Å². The number of sulfonamides is 1. The molecule has 3 nitrogen and oxygen atoms in total. The molecule has 0 fully saturated rings. The predicted octanol–water partition coefficient (Wildman–Crippen LogP) is 3.51. The van der Waals surface area contributed by atoms with Gasteiger partial charge in [-0.1, -0.05) is 39.1 Å². The van der Waals surface area contributed by atoms with Gasteiger partial charge in [-0.05, 0) is 19.4 Å². The Morgan fingerprint density at radius 3 is 2.62 bits per heavy atom. The van der Waals surface area contributed by atoms with Gasteiger partial charge in [0.05, 0.1) is 4.34 Å². The van der Waals surface area contributed by atoms with E-state index < -0.39 is 10.0 Å². The van der Waals surface area contributed by atoms with Gasteiger partial charge in [0.1, 0.15) is 9.23 Å². The molecule has 0 radical (unpaired) electrons. The summed E-state index contributed by atoms with van der Waals surface area (Å²) in [6.45, 7) is 1.79. The largest absolute Gasteiger partial charge is 0.243 e. The fourth-order valence-electron chi connectivity index (χ4n) is 1.06. The fraction of sp³-hybridized carbons (Fsp3) is 0.500. The van der Waals surface area contributed by atoms with E-state index in [1.54, 1.807) is 6.92 Å². The van der Waals surface area contributed by atoms with Gasteiger partial charge in [-0.15, -0.1) is 11.3 Å². The van der Waals surface area contributed by atoms with Crippen LogP contribution in [0.4, 0.5) is 0 Å². The lowest BCUT2D eigenvalue weighted by Gasteiger charge is -2.12. The van der Waals surface area contributed by atoms with Crippen LogP contribution < -0.4 is 4.72 Å². The van der Waals surface area contributed by atoms with E-state index in [1.807, 2.05) is 0 Å². The highest BCUT2D eigenvalue weighted by molar-refractivity contribution is 9.09. The van der Waals surface area contributed by atoms with E-state index in [-0.39, 0.29) is 15.3 Å². The fourth-order valence-corrected chi connectivity index (χ4v) is 5.17. The lowest BCUT2D eigenvalue weighted by atomic mass is 10.3. The molecule has 1 heterocycles. The van der Waals surface area contributed by atoms with Gasteiger partial charge in [0.15, 0.2) is 0 Å². The highest BCUT2D eigenvalue weighted by Crippen LogP contribution is 2.34. The van der Waals surface area contributed by atoms with E-state index in [1.165, 1.54) is 6.07 Å². The summed E-state index contributed by atoms with van der Waals surface area (Å²) in [5, 5.41) is 0.731. The molecular weight excluding hydrogens is 357 g/mol. The standard InChI is InChI=1S/C8H10BrCl2NO2S2/c1-5(2-3-9)12-16(13,14)6-4-7(10)15-8(6)11/h4-5,12H,2-3H2,1H3. The van der Waals surface area contributed by atoms with Crippen molar-refractivity contribution in [3.05, 3.63) is 14.7 Å². The number of nitrogens with one attached hydrogen (secondary N) is 1. The zero-order chi connectivity index (χ0) is 12.3. The van der Waals surface area contributed by atoms with Crippen LogP contribution in [0, 0.1) is 0 Å². The highest BCUT2D eigenvalue weighted by Gasteiger charge is 2.22. The van der Waals surface area contributed by atoms with Crippen LogP contribution in [0.15, 0.2) is 11.0 Å². The monoisotopic (exact) mass is 365 g/mol. The molecule has 0 saturated carbocycles. The van der Waals surface area contributed by atoms with Crippen molar-refractivity contribution >= 4 is 60.5 Å². The molecule has 1 aromatic heterocycles. The SMILES string of the molecule is CC(CCBr)NS(=O)(=O)c1cc(Cl)sc1Cl. The second-order valence-electron chi connectivity index (χ2n) is 3.19. The molecule has 1 aromatic rings. The average Bonchev–Trinajstić information content (AvgIpc) is 2.45. The van der Waals surface area contributed by atoms with Crippen LogP contribution in [-0.2, 0) is 10.0 Å². The van der Waals surface area contributed by atoms with Gasteiger partial charge >= 0.3 is 0 Å². The van der Waals surface area contributed by atoms with Crippen molar-refractivity contribution in [1.82, 2.24) is 4.72 Å². The Labute approximate surface area is 117 Å². The lowest BCUT2D eigenvalue weighted by Crippen LogP contribution is -2.32. The summed E-state index contributed by atoms with van der Waals surface area (Å²) in [5.74, 6) is 0. The van der Waals surface area contributed by atoms with E-state index in [0.29, 0.717) is 10.8 Å². The highest BCUT2D eigenvalue weighted by atomic mass is 79.9. The number of hydrogen-bond donors (Lipinski definition) is 1. The first-order valence-corrected chi connectivity index (χ1v) is 8.57. The molecule has 92 valence electrons. The van der Waals surface area contributed by atoms with E-state index in [0.717, 1.165) is 16.7 Å². The molecule has 0 aromatic carbocycles. The lowest BCUT2D eigenvalue weighted by molar-refractivity contribution is 0.558. The summed E-state index contributed by atoms with van der Waals surface area (Å²) in [6, 6.07) is 1.21. The van der Waals surface area contributed by atoms with Gasteiger partial charge in [-0.2, -0.15) is 0 Å². The maximum Gasteiger partial charge on any atom is 0.243 e. The minimum atomic E-state index is -3.57. The van der Waals surface area contributed by atoms with Crippen LogP contribution in [0.3, 0.4) is 0 Å². The quantitative estimate of drug-likeness (QED) is 0.810. The molecule has 0 saturated heterocycles. The molecule has 1 unspecified atom stereocenters. The molecule has 0 aliphatic rings. The first kappa shape index (κ1) is 14.7. The van der Waals surface area contributed by atoms with Crippen molar-refractivity contribution < 1.29 is 8.42 Å². The minimum Gasteiger partial charge on any atom is -0.208 e. The van der Waals surface area contributed by atoms with Crippen LogP contribution in [-0.4, -0.2) is 19.8 Å². The summed E-state index contributed by atoms with van der Waals surface area (Å²) >= 11 is 15.8. The summed E-state index contributed by atoms with van der Waals surface area (Å²) in [7, 11) is -3.57. The number of thiophene rings is 1. The van der Waals surface area contributed by atoms with Crippen molar-refractivity contribution in [1.29, 1.82) is 0 Å². The van der Waals surface area contributed by atoms with E-state index in [9.17, 15) is 8.42 Å². The molecule has 1 atom stereocenters. The maximum absolute atomic E-state index is 11.9. The third-order valence-corrected chi connectivity index (χ3v) is 5.61. The third kappa shape index (κ3) is 3.85. The second-order valence-corrected chi connectivity index (χ2v) is 7.95. The van der Waals surface area contributed by atoms with Crippen molar-refractivity contribution in [2.45, 2.75) is 24.3 Å². The van der Waals surface area contributed by atoms with Crippen molar-refractivity contribution in [3.63, 3.8) is 0 Å². The van der Waals surface area contributed by atoms with E-state index >= 15 is 0 Å². The molecule has 0 aliphatic carbocycles. The Kier molecular flexibility index (Phi) is 5.54. The van der Waals surface area contributed by atoms with Crippen molar-refractivity contribution in [2.24, 2.45) is 0 Å². The van der Waals surface area contributed by atoms with E-state index in [4.69, 9.17) is 23.2 Å². The van der Waals surface area contributed by atoms with Crippen molar-refractivity contribution in [3.8, 4) is 0 Å². The molecular formula is C8H10BrCl2NO2S2. The van der Waals surface area contributed by atoms with Gasteiger partial charge < -0.3 is 0 Å². The van der Waals surface area contributed by atoms with Gasteiger partial charge in [0.2, 0.25) is 10.0 Å². The number of hydrogen-bond acceptors (Lipinski definition) is 3. The normalized spacial score (nSPS) is 14.0. The first-order chi connectivity index (χ1) is 7.36. The van der Waals surface area contributed by atoms with Gasteiger partial charge in [0, 0.05) is 11.4 Å². The summed E-state index contributed by atoms with van der Waals surface area (Å²) in [4.78, 5) is 0.0468. The molecule has 0 spiro atoms. The van der Waals surface area contributed by atoms with Crippen molar-refractivity contribution in [2.75, 3.05) is 5.33 Å². The molecule has 1 rings (SSSR count). The summed E-state index contributed by atoms with van der Waals surface area (Å²) in [6.07, 6.45) is 0.703. The second kappa shape index (κ2) is 6.02.